The van der Waals surface area contributed by atoms with Gasteiger partial charge in [-0.1, -0.05) is 70.5 Å². The van der Waals surface area contributed by atoms with E-state index in [1.807, 2.05) is 68.4 Å². The van der Waals surface area contributed by atoms with E-state index < -0.39 is 16.1 Å². The standard InChI is InChI=1S/C31H38BrN3O5S/c1-23(2)33-31(37)28(21-24-12-6-5-7-13-24)34(22-25-14-10-15-26(32)20-25)30(36)18-11-19-35(41(4,38)39)27-16-8-9-17-29(27)40-3/h5-10,12-17,20,23,28H,11,18-19,21-22H2,1-4H3,(H,33,37). The maximum Gasteiger partial charge on any atom is 0.243 e. The van der Waals surface area contributed by atoms with Gasteiger partial charge in [0.25, 0.3) is 0 Å². The molecule has 1 unspecified atom stereocenters. The Balaban J connectivity index is 1.90. The molecule has 0 saturated heterocycles. The minimum Gasteiger partial charge on any atom is -0.495 e. The predicted molar refractivity (Wildman–Crippen MR) is 166 cm³/mol. The van der Waals surface area contributed by atoms with Gasteiger partial charge in [-0.15, -0.1) is 0 Å². The lowest BCUT2D eigenvalue weighted by molar-refractivity contribution is -0.141. The van der Waals surface area contributed by atoms with Gasteiger partial charge in [-0.3, -0.25) is 13.9 Å². The Morgan fingerprint density at radius 3 is 2.24 bits per heavy atom. The molecular weight excluding hydrogens is 606 g/mol. The molecule has 8 nitrogen and oxygen atoms in total. The van der Waals surface area contributed by atoms with Crippen molar-refractivity contribution in [2.75, 3.05) is 24.2 Å². The molecule has 0 aliphatic heterocycles. The maximum absolute atomic E-state index is 13.9. The van der Waals surface area contributed by atoms with E-state index in [0.717, 1.165) is 21.9 Å². The molecule has 3 aromatic carbocycles. The first-order chi connectivity index (χ1) is 19.5. The first-order valence-electron chi connectivity index (χ1n) is 13.5. The number of amides is 2. The van der Waals surface area contributed by atoms with Crippen LogP contribution in [0.1, 0.15) is 37.8 Å². The Morgan fingerprint density at radius 1 is 0.951 bits per heavy atom. The molecule has 0 aliphatic rings. The summed E-state index contributed by atoms with van der Waals surface area (Å²) in [6, 6.07) is 23.2. The first-order valence-corrected chi connectivity index (χ1v) is 16.1. The molecule has 0 radical (unpaired) electrons. The number of carbonyl (C=O) groups is 2. The number of halogens is 1. The fourth-order valence-electron chi connectivity index (χ4n) is 4.58. The van der Waals surface area contributed by atoms with Crippen molar-refractivity contribution in [3.05, 3.63) is 94.5 Å². The lowest BCUT2D eigenvalue weighted by Gasteiger charge is -2.32. The highest BCUT2D eigenvalue weighted by Crippen LogP contribution is 2.30. The minimum absolute atomic E-state index is 0.0510. The second-order valence-corrected chi connectivity index (χ2v) is 13.0. The van der Waals surface area contributed by atoms with Crippen LogP contribution in [0, 0.1) is 0 Å². The van der Waals surface area contributed by atoms with Gasteiger partial charge in [-0.25, -0.2) is 8.42 Å². The lowest BCUT2D eigenvalue weighted by Crippen LogP contribution is -2.51. The quantitative estimate of drug-likeness (QED) is 0.262. The third kappa shape index (κ3) is 9.60. The molecular formula is C31H38BrN3O5S. The summed E-state index contributed by atoms with van der Waals surface area (Å²) >= 11 is 3.50. The number of rotatable bonds is 14. The number of sulfonamides is 1. The molecule has 3 aromatic rings. The number of hydrogen-bond donors (Lipinski definition) is 1. The van der Waals surface area contributed by atoms with Crippen LogP contribution >= 0.6 is 15.9 Å². The number of methoxy groups -OCH3 is 1. The number of anilines is 1. The molecule has 1 atom stereocenters. The summed E-state index contributed by atoms with van der Waals surface area (Å²) in [4.78, 5) is 29.0. The summed E-state index contributed by atoms with van der Waals surface area (Å²) in [5.74, 6) is -0.0499. The van der Waals surface area contributed by atoms with E-state index in [1.165, 1.54) is 11.4 Å². The van der Waals surface area contributed by atoms with E-state index in [1.54, 1.807) is 29.2 Å². The summed E-state index contributed by atoms with van der Waals surface area (Å²) < 4.78 is 32.9. The normalized spacial score (nSPS) is 12.0. The van der Waals surface area contributed by atoms with Crippen LogP contribution in [0.4, 0.5) is 5.69 Å². The molecule has 0 heterocycles. The van der Waals surface area contributed by atoms with Crippen LogP contribution < -0.4 is 14.4 Å². The zero-order valence-electron chi connectivity index (χ0n) is 23.9. The molecule has 2 amide bonds. The maximum atomic E-state index is 13.9. The lowest BCUT2D eigenvalue weighted by atomic mass is 10.0. The molecule has 0 saturated carbocycles. The summed E-state index contributed by atoms with van der Waals surface area (Å²) in [5, 5.41) is 2.98. The smallest absolute Gasteiger partial charge is 0.243 e. The van der Waals surface area contributed by atoms with Gasteiger partial charge in [-0.2, -0.15) is 0 Å². The second kappa shape index (κ2) is 15.0. The molecule has 0 aromatic heterocycles. The molecule has 10 heteroatoms. The SMILES string of the molecule is COc1ccccc1N(CCCC(=O)N(Cc1cccc(Br)c1)C(Cc1ccccc1)C(=O)NC(C)C)S(C)(=O)=O. The zero-order valence-corrected chi connectivity index (χ0v) is 26.3. The molecule has 0 spiro atoms. The first kappa shape index (κ1) is 32.1. The molecule has 220 valence electrons. The fraction of sp³-hybridized carbons (Fsp3) is 0.355. The van der Waals surface area contributed by atoms with Crippen molar-refractivity contribution in [2.45, 2.75) is 51.7 Å². The Kier molecular flexibility index (Phi) is 11.8. The van der Waals surface area contributed by atoms with E-state index >= 15 is 0 Å². The number of ether oxygens (including phenoxy) is 1. The summed E-state index contributed by atoms with van der Waals surface area (Å²) in [6.45, 7) is 4.08. The number of nitrogens with one attached hydrogen (secondary N) is 1. The van der Waals surface area contributed by atoms with E-state index in [0.29, 0.717) is 17.9 Å². The Morgan fingerprint density at radius 2 is 1.61 bits per heavy atom. The number of para-hydroxylation sites is 2. The predicted octanol–water partition coefficient (Wildman–Crippen LogP) is 5.17. The number of hydrogen-bond acceptors (Lipinski definition) is 5. The fourth-order valence-corrected chi connectivity index (χ4v) is 6.00. The van der Waals surface area contributed by atoms with Crippen molar-refractivity contribution in [3.63, 3.8) is 0 Å². The summed E-state index contributed by atoms with van der Waals surface area (Å²) in [6.07, 6.45) is 1.78. The third-order valence-corrected chi connectivity index (χ3v) is 8.12. The highest BCUT2D eigenvalue weighted by Gasteiger charge is 2.31. The van der Waals surface area contributed by atoms with Crippen LogP contribution in [0.3, 0.4) is 0 Å². The van der Waals surface area contributed by atoms with E-state index in [9.17, 15) is 18.0 Å². The number of nitrogens with zero attached hydrogens (tertiary/aromatic N) is 2. The largest absolute Gasteiger partial charge is 0.495 e. The van der Waals surface area contributed by atoms with Crippen molar-refractivity contribution in [3.8, 4) is 5.75 Å². The van der Waals surface area contributed by atoms with Crippen molar-refractivity contribution < 1.29 is 22.7 Å². The van der Waals surface area contributed by atoms with Gasteiger partial charge in [0.2, 0.25) is 21.8 Å². The average Bonchev–Trinajstić information content (AvgIpc) is 2.92. The van der Waals surface area contributed by atoms with E-state index in [-0.39, 0.29) is 43.8 Å². The van der Waals surface area contributed by atoms with Gasteiger partial charge in [0, 0.05) is 36.4 Å². The van der Waals surface area contributed by atoms with Crippen LogP contribution in [-0.4, -0.2) is 57.1 Å². The Hall–Kier alpha value is -3.37. The summed E-state index contributed by atoms with van der Waals surface area (Å²) in [7, 11) is -2.16. The van der Waals surface area contributed by atoms with Gasteiger partial charge >= 0.3 is 0 Å². The van der Waals surface area contributed by atoms with Gasteiger partial charge in [0.15, 0.2) is 0 Å². The zero-order chi connectivity index (χ0) is 30.0. The Labute approximate surface area is 251 Å². The topological polar surface area (TPSA) is 96.0 Å². The van der Waals surface area contributed by atoms with Gasteiger partial charge in [0.05, 0.1) is 19.1 Å². The van der Waals surface area contributed by atoms with Crippen molar-refractivity contribution in [2.24, 2.45) is 0 Å². The summed E-state index contributed by atoms with van der Waals surface area (Å²) in [5.41, 5.74) is 2.21. The number of carbonyl (C=O) groups excluding carboxylic acids is 2. The minimum atomic E-state index is -3.65. The van der Waals surface area contributed by atoms with Crippen molar-refractivity contribution in [1.29, 1.82) is 0 Å². The van der Waals surface area contributed by atoms with Crippen molar-refractivity contribution in [1.82, 2.24) is 10.2 Å². The monoisotopic (exact) mass is 643 g/mol. The van der Waals surface area contributed by atoms with Crippen molar-refractivity contribution >= 4 is 43.5 Å². The molecule has 0 aliphatic carbocycles. The van der Waals surface area contributed by atoms with Gasteiger partial charge < -0.3 is 15.0 Å². The molecule has 41 heavy (non-hydrogen) atoms. The second-order valence-electron chi connectivity index (χ2n) is 10.1. The van der Waals surface area contributed by atoms with Crippen LogP contribution in [0.25, 0.3) is 0 Å². The molecule has 0 bridgehead atoms. The molecule has 0 fully saturated rings. The number of benzene rings is 3. The molecule has 3 rings (SSSR count). The van der Waals surface area contributed by atoms with Gasteiger partial charge in [0.1, 0.15) is 11.8 Å². The van der Waals surface area contributed by atoms with E-state index in [4.69, 9.17) is 4.74 Å². The van der Waals surface area contributed by atoms with Crippen LogP contribution in [0.15, 0.2) is 83.3 Å². The van der Waals surface area contributed by atoms with Crippen LogP contribution in [0.5, 0.6) is 5.75 Å². The van der Waals surface area contributed by atoms with E-state index in [2.05, 4.69) is 21.2 Å². The highest BCUT2D eigenvalue weighted by molar-refractivity contribution is 9.10. The average molecular weight is 645 g/mol. The third-order valence-electron chi connectivity index (χ3n) is 6.45. The van der Waals surface area contributed by atoms with Crippen LogP contribution in [-0.2, 0) is 32.6 Å². The Bertz CT molecular complexity index is 1420. The van der Waals surface area contributed by atoms with Gasteiger partial charge in [-0.05, 0) is 55.7 Å². The highest BCUT2D eigenvalue weighted by atomic mass is 79.9. The van der Waals surface area contributed by atoms with Crippen LogP contribution in [0.2, 0.25) is 0 Å². The molecule has 1 N–H and O–H groups in total.